The lowest BCUT2D eigenvalue weighted by atomic mass is 10.0. The summed E-state index contributed by atoms with van der Waals surface area (Å²) in [7, 11) is 3.54. The number of hydrogen-bond acceptors (Lipinski definition) is 3. The molecule has 0 aliphatic heterocycles. The molecule has 3 rings (SSSR count). The molecule has 5 nitrogen and oxygen atoms in total. The van der Waals surface area contributed by atoms with Crippen LogP contribution in [-0.4, -0.2) is 22.6 Å². The average molecular weight is 349 g/mol. The smallest absolute Gasteiger partial charge is 0.225 e. The Kier molecular flexibility index (Phi) is 5.37. The summed E-state index contributed by atoms with van der Waals surface area (Å²) in [6, 6.07) is 15.4. The van der Waals surface area contributed by atoms with Gasteiger partial charge in [-0.2, -0.15) is 0 Å². The van der Waals surface area contributed by atoms with Gasteiger partial charge >= 0.3 is 0 Å². The summed E-state index contributed by atoms with van der Waals surface area (Å²) in [5.41, 5.74) is 2.96. The number of aromatic nitrogens is 2. The molecule has 0 spiro atoms. The van der Waals surface area contributed by atoms with Crippen molar-refractivity contribution in [1.82, 2.24) is 14.9 Å². The quantitative estimate of drug-likeness (QED) is 0.744. The van der Waals surface area contributed by atoms with Crippen molar-refractivity contribution in [2.24, 2.45) is 7.05 Å². The molecule has 1 heterocycles. The van der Waals surface area contributed by atoms with Gasteiger partial charge in [0, 0.05) is 25.0 Å². The summed E-state index contributed by atoms with van der Waals surface area (Å²) in [6.45, 7) is 2.00. The van der Waals surface area contributed by atoms with Crippen molar-refractivity contribution in [3.8, 4) is 5.75 Å². The number of nitrogens with one attached hydrogen (secondary N) is 1. The lowest BCUT2D eigenvalue weighted by Crippen LogP contribution is -2.32. The van der Waals surface area contributed by atoms with Gasteiger partial charge in [0.05, 0.1) is 13.5 Å². The molecular weight excluding hydrogens is 326 g/mol. The van der Waals surface area contributed by atoms with Crippen molar-refractivity contribution in [2.75, 3.05) is 7.11 Å². The Hall–Kier alpha value is -3.08. The minimum Gasteiger partial charge on any atom is -0.496 e. The van der Waals surface area contributed by atoms with E-state index in [4.69, 9.17) is 4.74 Å². The maximum atomic E-state index is 12.8. The van der Waals surface area contributed by atoms with E-state index in [1.807, 2.05) is 73.3 Å². The minimum atomic E-state index is -0.306. The molecule has 1 aromatic heterocycles. The van der Waals surface area contributed by atoms with Crippen LogP contribution in [0.5, 0.6) is 5.75 Å². The molecule has 134 valence electrons. The fourth-order valence-electron chi connectivity index (χ4n) is 3.03. The van der Waals surface area contributed by atoms with Gasteiger partial charge in [0.25, 0.3) is 0 Å². The van der Waals surface area contributed by atoms with Crippen LogP contribution in [0.2, 0.25) is 0 Å². The van der Waals surface area contributed by atoms with E-state index < -0.39 is 0 Å². The highest BCUT2D eigenvalue weighted by molar-refractivity contribution is 5.80. The highest BCUT2D eigenvalue weighted by Crippen LogP contribution is 2.23. The molecule has 26 heavy (non-hydrogen) atoms. The molecule has 3 aromatic rings. The zero-order chi connectivity index (χ0) is 18.5. The molecule has 2 aromatic carbocycles. The van der Waals surface area contributed by atoms with E-state index in [9.17, 15) is 4.79 Å². The topological polar surface area (TPSA) is 56.1 Å². The predicted octanol–water partition coefficient (Wildman–Crippen LogP) is 3.19. The normalized spacial score (nSPS) is 11.8. The van der Waals surface area contributed by atoms with Crippen LogP contribution in [0.25, 0.3) is 0 Å². The first-order valence-corrected chi connectivity index (χ1v) is 8.53. The number of amides is 1. The standard InChI is InChI=1S/C21H23N3O2/c1-15-9-10-18(26-3)17(13-15)14-19(25)23-20(16-7-5-4-6-8-16)21-22-11-12-24(21)2/h4-13,20H,14H2,1-3H3,(H,23,25)/t20-/m0/s1. The summed E-state index contributed by atoms with van der Waals surface area (Å²) >= 11 is 0. The first kappa shape index (κ1) is 17.7. The van der Waals surface area contributed by atoms with E-state index in [0.717, 1.165) is 28.3 Å². The maximum Gasteiger partial charge on any atom is 0.225 e. The van der Waals surface area contributed by atoms with Crippen molar-refractivity contribution in [2.45, 2.75) is 19.4 Å². The number of hydrogen-bond donors (Lipinski definition) is 1. The maximum absolute atomic E-state index is 12.8. The van der Waals surface area contributed by atoms with Crippen molar-refractivity contribution < 1.29 is 9.53 Å². The zero-order valence-electron chi connectivity index (χ0n) is 15.3. The Morgan fingerprint density at radius 2 is 2.00 bits per heavy atom. The number of benzene rings is 2. The molecule has 0 aliphatic rings. The fraction of sp³-hybridized carbons (Fsp3) is 0.238. The monoisotopic (exact) mass is 349 g/mol. The van der Waals surface area contributed by atoms with Gasteiger partial charge in [-0.25, -0.2) is 4.98 Å². The molecule has 0 aliphatic carbocycles. The number of aryl methyl sites for hydroxylation is 2. The fourth-order valence-corrected chi connectivity index (χ4v) is 3.03. The Labute approximate surface area is 153 Å². The molecule has 5 heteroatoms. The molecule has 0 bridgehead atoms. The summed E-state index contributed by atoms with van der Waals surface area (Å²) in [6.07, 6.45) is 3.86. The number of carbonyl (C=O) groups is 1. The van der Waals surface area contributed by atoms with Gasteiger partial charge < -0.3 is 14.6 Å². The highest BCUT2D eigenvalue weighted by atomic mass is 16.5. The van der Waals surface area contributed by atoms with Crippen LogP contribution in [0.15, 0.2) is 60.9 Å². The van der Waals surface area contributed by atoms with E-state index in [1.54, 1.807) is 13.3 Å². The molecule has 1 atom stereocenters. The number of rotatable bonds is 6. The van der Waals surface area contributed by atoms with Crippen molar-refractivity contribution >= 4 is 5.91 Å². The van der Waals surface area contributed by atoms with Gasteiger partial charge in [0.2, 0.25) is 5.91 Å². The second-order valence-corrected chi connectivity index (χ2v) is 6.30. The van der Waals surface area contributed by atoms with Crippen LogP contribution < -0.4 is 10.1 Å². The van der Waals surface area contributed by atoms with Crippen LogP contribution >= 0.6 is 0 Å². The molecule has 0 saturated carbocycles. The molecule has 0 radical (unpaired) electrons. The largest absolute Gasteiger partial charge is 0.496 e. The van der Waals surface area contributed by atoms with Crippen LogP contribution in [0.1, 0.15) is 28.6 Å². The van der Waals surface area contributed by atoms with Crippen LogP contribution in [-0.2, 0) is 18.3 Å². The van der Waals surface area contributed by atoms with Gasteiger partial charge in [-0.05, 0) is 18.6 Å². The number of nitrogens with zero attached hydrogens (tertiary/aromatic N) is 2. The molecule has 0 fully saturated rings. The molecule has 1 N–H and O–H groups in total. The van der Waals surface area contributed by atoms with Crippen molar-refractivity contribution in [1.29, 1.82) is 0 Å². The lowest BCUT2D eigenvalue weighted by Gasteiger charge is -2.19. The third-order valence-electron chi connectivity index (χ3n) is 4.34. The summed E-state index contributed by atoms with van der Waals surface area (Å²) in [5, 5.41) is 3.12. The number of methoxy groups -OCH3 is 1. The van der Waals surface area contributed by atoms with Gasteiger partial charge in [-0.15, -0.1) is 0 Å². The van der Waals surface area contributed by atoms with Gasteiger partial charge in [0.1, 0.15) is 17.6 Å². The number of imidazole rings is 1. The van der Waals surface area contributed by atoms with E-state index >= 15 is 0 Å². The number of carbonyl (C=O) groups excluding carboxylic acids is 1. The Bertz CT molecular complexity index is 887. The van der Waals surface area contributed by atoms with Crippen LogP contribution in [0.4, 0.5) is 0 Å². The molecule has 0 saturated heterocycles. The first-order valence-electron chi connectivity index (χ1n) is 8.53. The van der Waals surface area contributed by atoms with E-state index in [0.29, 0.717) is 0 Å². The Morgan fingerprint density at radius 1 is 1.23 bits per heavy atom. The van der Waals surface area contributed by atoms with E-state index in [1.165, 1.54) is 0 Å². The average Bonchev–Trinajstić information content (AvgIpc) is 3.06. The molecule has 1 amide bonds. The van der Waals surface area contributed by atoms with Crippen molar-refractivity contribution in [3.63, 3.8) is 0 Å². The SMILES string of the molecule is COc1ccc(C)cc1CC(=O)N[C@@H](c1ccccc1)c1nccn1C. The Balaban J connectivity index is 1.85. The molecule has 0 unspecified atom stereocenters. The third-order valence-corrected chi connectivity index (χ3v) is 4.34. The lowest BCUT2D eigenvalue weighted by molar-refractivity contribution is -0.121. The van der Waals surface area contributed by atoms with E-state index in [-0.39, 0.29) is 18.4 Å². The van der Waals surface area contributed by atoms with Crippen LogP contribution in [0.3, 0.4) is 0 Å². The first-order chi connectivity index (χ1) is 12.6. The molecular formula is C21H23N3O2. The highest BCUT2D eigenvalue weighted by Gasteiger charge is 2.21. The predicted molar refractivity (Wildman–Crippen MR) is 101 cm³/mol. The summed E-state index contributed by atoms with van der Waals surface area (Å²) in [5.74, 6) is 1.44. The minimum absolute atomic E-state index is 0.0780. The second-order valence-electron chi connectivity index (χ2n) is 6.30. The van der Waals surface area contributed by atoms with Crippen molar-refractivity contribution in [3.05, 3.63) is 83.4 Å². The van der Waals surface area contributed by atoms with Gasteiger partial charge in [0.15, 0.2) is 0 Å². The second kappa shape index (κ2) is 7.87. The zero-order valence-corrected chi connectivity index (χ0v) is 15.3. The number of ether oxygens (including phenoxy) is 1. The van der Waals surface area contributed by atoms with Gasteiger partial charge in [-0.3, -0.25) is 4.79 Å². The Morgan fingerprint density at radius 3 is 2.65 bits per heavy atom. The third kappa shape index (κ3) is 3.94. The summed E-state index contributed by atoms with van der Waals surface area (Å²) in [4.78, 5) is 17.2. The van der Waals surface area contributed by atoms with Crippen LogP contribution in [0, 0.1) is 6.92 Å². The van der Waals surface area contributed by atoms with Gasteiger partial charge in [-0.1, -0.05) is 48.0 Å². The van der Waals surface area contributed by atoms with E-state index in [2.05, 4.69) is 10.3 Å². The summed E-state index contributed by atoms with van der Waals surface area (Å²) < 4.78 is 7.31.